The smallest absolute Gasteiger partial charge is 0.244 e. The lowest BCUT2D eigenvalue weighted by Crippen LogP contribution is -2.40. The van der Waals surface area contributed by atoms with Crippen molar-refractivity contribution in [3.63, 3.8) is 0 Å². The van der Waals surface area contributed by atoms with E-state index in [-0.39, 0.29) is 35.9 Å². The van der Waals surface area contributed by atoms with Gasteiger partial charge in [-0.15, -0.1) is 0 Å². The topological polar surface area (TPSA) is 134 Å². The number of pyridine rings is 2. The minimum atomic E-state index is -0.329. The van der Waals surface area contributed by atoms with Gasteiger partial charge in [0.1, 0.15) is 28.5 Å². The molecule has 4 aromatic rings. The lowest BCUT2D eigenvalue weighted by Gasteiger charge is -2.27. The Bertz CT molecular complexity index is 1760. The molecule has 1 saturated heterocycles. The van der Waals surface area contributed by atoms with Crippen molar-refractivity contribution in [2.45, 2.75) is 39.8 Å². The summed E-state index contributed by atoms with van der Waals surface area (Å²) in [5.74, 6) is 0.989. The van der Waals surface area contributed by atoms with E-state index < -0.39 is 0 Å². The number of Topliss-reactive ketones (excluding diaryl/α,β-unsaturated/α-hetero) is 1. The van der Waals surface area contributed by atoms with Crippen molar-refractivity contribution in [3.8, 4) is 11.3 Å². The highest BCUT2D eigenvalue weighted by molar-refractivity contribution is 9.10. The zero-order valence-corrected chi connectivity index (χ0v) is 26.5. The molecule has 1 fully saturated rings. The average molecular weight is 658 g/mol. The second kappa shape index (κ2) is 12.8. The molecule has 2 atom stereocenters. The number of amides is 1. The first kappa shape index (κ1) is 30.7. The summed E-state index contributed by atoms with van der Waals surface area (Å²) in [6.07, 6.45) is 7.25. The van der Waals surface area contributed by atoms with E-state index in [1.807, 2.05) is 19.1 Å². The number of ketones is 1. The molecule has 0 aromatic carbocycles. The molecule has 4 aromatic heterocycles. The van der Waals surface area contributed by atoms with Crippen molar-refractivity contribution >= 4 is 51.1 Å². The minimum Gasteiger partial charge on any atom is -0.342 e. The molecular formula is C31H33BrN10O2. The number of anilines is 1. The average Bonchev–Trinajstić information content (AvgIpc) is 3.60. The van der Waals surface area contributed by atoms with E-state index in [9.17, 15) is 9.59 Å². The van der Waals surface area contributed by atoms with Crippen LogP contribution < -0.4 is 5.32 Å². The van der Waals surface area contributed by atoms with E-state index >= 15 is 0 Å². The number of nitrogens with one attached hydrogen (secondary N) is 1. The van der Waals surface area contributed by atoms with E-state index in [0.29, 0.717) is 63.6 Å². The SMILES string of the molecule is C=CN(CC1CC(C(=C)Nc2nc(Br)ccc2C)N(C(=O)Cn2nc(C(C)=O)c3cc(-c4cnc(C)nc4)ncc32)C1)N=C. The summed E-state index contributed by atoms with van der Waals surface area (Å²) in [5.41, 5.74) is 3.75. The molecule has 226 valence electrons. The summed E-state index contributed by atoms with van der Waals surface area (Å²) in [7, 11) is 0. The van der Waals surface area contributed by atoms with Crippen molar-refractivity contribution in [2.24, 2.45) is 11.0 Å². The largest absolute Gasteiger partial charge is 0.342 e. The van der Waals surface area contributed by atoms with Gasteiger partial charge in [-0.25, -0.2) is 15.0 Å². The number of halogens is 1. The van der Waals surface area contributed by atoms with Crippen molar-refractivity contribution in [3.05, 3.63) is 83.5 Å². The lowest BCUT2D eigenvalue weighted by atomic mass is 10.0. The Labute approximate surface area is 263 Å². The van der Waals surface area contributed by atoms with E-state index in [0.717, 1.165) is 5.56 Å². The lowest BCUT2D eigenvalue weighted by molar-refractivity contribution is -0.132. The van der Waals surface area contributed by atoms with Crippen LogP contribution in [0, 0.1) is 19.8 Å². The number of hydrogen-bond acceptors (Lipinski definition) is 10. The van der Waals surface area contributed by atoms with Crippen LogP contribution >= 0.6 is 15.9 Å². The zero-order chi connectivity index (χ0) is 31.5. The van der Waals surface area contributed by atoms with Crippen LogP contribution in [0.1, 0.15) is 35.2 Å². The van der Waals surface area contributed by atoms with Crippen molar-refractivity contribution < 1.29 is 9.59 Å². The number of carbonyl (C=O) groups excluding carboxylic acids is 2. The van der Waals surface area contributed by atoms with Crippen molar-refractivity contribution in [1.82, 2.24) is 39.6 Å². The Kier molecular flexibility index (Phi) is 8.95. The molecule has 0 aliphatic carbocycles. The molecular weight excluding hydrogens is 624 g/mol. The van der Waals surface area contributed by atoms with Crippen LogP contribution in [-0.4, -0.2) is 77.2 Å². The first-order valence-electron chi connectivity index (χ1n) is 14.0. The van der Waals surface area contributed by atoms with Gasteiger partial charge in [-0.3, -0.25) is 24.3 Å². The van der Waals surface area contributed by atoms with Gasteiger partial charge in [0.05, 0.1) is 23.4 Å². The number of fused-ring (bicyclic) bond motifs is 1. The predicted molar refractivity (Wildman–Crippen MR) is 173 cm³/mol. The summed E-state index contributed by atoms with van der Waals surface area (Å²) in [4.78, 5) is 46.0. The maximum Gasteiger partial charge on any atom is 0.244 e. The first-order valence-corrected chi connectivity index (χ1v) is 14.8. The number of likely N-dealkylation sites (tertiary alicyclic amines) is 1. The third-order valence-corrected chi connectivity index (χ3v) is 8.06. The number of nitrogens with zero attached hydrogens (tertiary/aromatic N) is 9. The highest BCUT2D eigenvalue weighted by Gasteiger charge is 2.38. The monoisotopic (exact) mass is 656 g/mol. The Morgan fingerprint density at radius 2 is 1.95 bits per heavy atom. The summed E-state index contributed by atoms with van der Waals surface area (Å²) in [6, 6.07) is 5.27. The van der Waals surface area contributed by atoms with E-state index in [1.54, 1.807) is 52.4 Å². The molecule has 13 heteroatoms. The third-order valence-electron chi connectivity index (χ3n) is 7.62. The summed E-state index contributed by atoms with van der Waals surface area (Å²) < 4.78 is 2.23. The van der Waals surface area contributed by atoms with Crippen LogP contribution in [0.5, 0.6) is 0 Å². The second-order valence-corrected chi connectivity index (χ2v) is 11.5. The molecule has 2 unspecified atom stereocenters. The molecule has 1 aliphatic rings. The highest BCUT2D eigenvalue weighted by Crippen LogP contribution is 2.31. The number of rotatable bonds is 11. The fourth-order valence-electron chi connectivity index (χ4n) is 5.34. The maximum absolute atomic E-state index is 14.0. The standard InChI is InChI=1S/C31H33BrN10O2/c1-7-40(33-6)15-22-10-26(19(3)37-31-18(2)8-9-28(32)38-31)41(16-22)29(44)17-42-27-14-36-25(23-12-34-21(5)35-13-23)11-24(27)30(39-42)20(4)43/h7-9,11-14,22,26H,1,3,6,10,15-17H2,2,4-5H3,(H,37,38). The van der Waals surface area contributed by atoms with Crippen LogP contribution in [-0.2, 0) is 11.3 Å². The molecule has 1 aliphatic heterocycles. The molecule has 0 spiro atoms. The van der Waals surface area contributed by atoms with E-state index in [4.69, 9.17) is 0 Å². The van der Waals surface area contributed by atoms with Gasteiger partial charge in [0, 0.05) is 62.0 Å². The van der Waals surface area contributed by atoms with Gasteiger partial charge in [0.15, 0.2) is 5.78 Å². The number of carbonyl (C=O) groups is 2. The number of aromatic nitrogens is 6. The van der Waals surface area contributed by atoms with Gasteiger partial charge < -0.3 is 10.2 Å². The van der Waals surface area contributed by atoms with Gasteiger partial charge in [0.2, 0.25) is 5.91 Å². The van der Waals surface area contributed by atoms with Gasteiger partial charge in [-0.05, 0) is 59.8 Å². The highest BCUT2D eigenvalue weighted by atomic mass is 79.9. The van der Waals surface area contributed by atoms with E-state index in [1.165, 1.54) is 6.92 Å². The van der Waals surface area contributed by atoms with Crippen molar-refractivity contribution in [2.75, 3.05) is 18.4 Å². The zero-order valence-electron chi connectivity index (χ0n) is 24.9. The number of hydrazone groups is 1. The van der Waals surface area contributed by atoms with Crippen LogP contribution in [0.2, 0.25) is 0 Å². The molecule has 5 rings (SSSR count). The summed E-state index contributed by atoms with van der Waals surface area (Å²) in [5, 5.41) is 14.1. The summed E-state index contributed by atoms with van der Waals surface area (Å²) >= 11 is 3.43. The molecule has 0 radical (unpaired) electrons. The van der Waals surface area contributed by atoms with Gasteiger partial charge >= 0.3 is 0 Å². The Balaban J connectivity index is 1.44. The van der Waals surface area contributed by atoms with E-state index in [2.05, 4.69) is 71.3 Å². The van der Waals surface area contributed by atoms with Crippen LogP contribution in [0.4, 0.5) is 5.82 Å². The van der Waals surface area contributed by atoms with Crippen LogP contribution in [0.25, 0.3) is 22.2 Å². The molecule has 5 heterocycles. The van der Waals surface area contributed by atoms with Gasteiger partial charge in [-0.2, -0.15) is 10.2 Å². The molecule has 1 N–H and O–H groups in total. The quantitative estimate of drug-likeness (QED) is 0.105. The fourth-order valence-corrected chi connectivity index (χ4v) is 5.65. The van der Waals surface area contributed by atoms with Crippen molar-refractivity contribution in [1.29, 1.82) is 0 Å². The molecule has 1 amide bonds. The molecule has 0 bridgehead atoms. The Morgan fingerprint density at radius 1 is 1.20 bits per heavy atom. The number of aryl methyl sites for hydroxylation is 2. The molecule has 12 nitrogen and oxygen atoms in total. The molecule has 44 heavy (non-hydrogen) atoms. The Morgan fingerprint density at radius 3 is 2.64 bits per heavy atom. The van der Waals surface area contributed by atoms with Crippen LogP contribution in [0.3, 0.4) is 0 Å². The van der Waals surface area contributed by atoms with Gasteiger partial charge in [0.25, 0.3) is 0 Å². The first-order chi connectivity index (χ1) is 21.1. The minimum absolute atomic E-state index is 0.0747. The second-order valence-electron chi connectivity index (χ2n) is 10.7. The fraction of sp³-hybridized carbons (Fsp3) is 0.290. The van der Waals surface area contributed by atoms with Gasteiger partial charge in [-0.1, -0.05) is 19.2 Å². The molecule has 0 saturated carbocycles. The third kappa shape index (κ3) is 6.42. The summed E-state index contributed by atoms with van der Waals surface area (Å²) in [6.45, 7) is 17.8. The normalized spacial score (nSPS) is 16.1. The Hall–Kier alpha value is -4.78. The number of hydrogen-bond donors (Lipinski definition) is 1. The van der Waals surface area contributed by atoms with Crippen LogP contribution in [0.15, 0.2) is 71.5 Å². The maximum atomic E-state index is 14.0. The predicted octanol–water partition coefficient (Wildman–Crippen LogP) is 4.77.